The van der Waals surface area contributed by atoms with E-state index in [1.165, 1.54) is 18.2 Å². The number of carbonyl (C=O) groups excluding carboxylic acids is 2. The van der Waals surface area contributed by atoms with Crippen molar-refractivity contribution in [2.24, 2.45) is 5.92 Å². The average molecular weight is 417 g/mol. The molecule has 1 atom stereocenters. The monoisotopic (exact) mass is 416 g/mol. The zero-order valence-electron chi connectivity index (χ0n) is 15.8. The molecule has 0 radical (unpaired) electrons. The number of anilines is 2. The van der Waals surface area contributed by atoms with Crippen LogP contribution in [0.25, 0.3) is 0 Å². The van der Waals surface area contributed by atoms with Gasteiger partial charge in [-0.2, -0.15) is 0 Å². The molecule has 7 heteroatoms. The second kappa shape index (κ2) is 8.41. The van der Waals surface area contributed by atoms with E-state index in [1.807, 2.05) is 0 Å². The topological polar surface area (TPSA) is 67.4 Å². The van der Waals surface area contributed by atoms with Gasteiger partial charge < -0.3 is 15.4 Å². The molecule has 0 bridgehead atoms. The quantitative estimate of drug-likeness (QED) is 0.741. The first kappa shape index (κ1) is 19.7. The molecule has 1 fully saturated rings. The number of nitrogens with one attached hydrogen (secondary N) is 2. The molecule has 1 saturated carbocycles. The Morgan fingerprint density at radius 2 is 1.79 bits per heavy atom. The SMILES string of the molecule is O=C(Nc1cc(NC(=O)C2Cc3cc(Cl)ccc3O2)ccc1F)C1CCCCC1. The fraction of sp³-hybridized carbons (Fsp3) is 0.364. The highest BCUT2D eigenvalue weighted by Crippen LogP contribution is 2.32. The number of halogens is 2. The number of carbonyl (C=O) groups is 2. The third-order valence-electron chi connectivity index (χ3n) is 5.46. The maximum atomic E-state index is 14.2. The summed E-state index contributed by atoms with van der Waals surface area (Å²) in [7, 11) is 0. The predicted molar refractivity (Wildman–Crippen MR) is 110 cm³/mol. The Kier molecular flexibility index (Phi) is 5.72. The van der Waals surface area contributed by atoms with Crippen molar-refractivity contribution in [1.82, 2.24) is 0 Å². The summed E-state index contributed by atoms with van der Waals surface area (Å²) >= 11 is 5.98. The Morgan fingerprint density at radius 1 is 1.00 bits per heavy atom. The van der Waals surface area contributed by atoms with Crippen LogP contribution in [0, 0.1) is 11.7 Å². The summed E-state index contributed by atoms with van der Waals surface area (Å²) in [6.07, 6.45) is 4.56. The van der Waals surface area contributed by atoms with E-state index in [0.29, 0.717) is 22.9 Å². The first-order chi connectivity index (χ1) is 14.0. The van der Waals surface area contributed by atoms with Crippen molar-refractivity contribution in [3.05, 3.63) is 52.8 Å². The maximum absolute atomic E-state index is 14.2. The van der Waals surface area contributed by atoms with Crippen LogP contribution in [0.1, 0.15) is 37.7 Å². The van der Waals surface area contributed by atoms with Gasteiger partial charge in [0.25, 0.3) is 5.91 Å². The zero-order chi connectivity index (χ0) is 20.4. The van der Waals surface area contributed by atoms with Crippen LogP contribution >= 0.6 is 11.6 Å². The molecule has 4 rings (SSSR count). The molecule has 2 aromatic carbocycles. The molecule has 0 spiro atoms. The van der Waals surface area contributed by atoms with Crippen LogP contribution in [0.5, 0.6) is 5.75 Å². The largest absolute Gasteiger partial charge is 0.480 e. The Labute approximate surface area is 173 Å². The van der Waals surface area contributed by atoms with Gasteiger partial charge in [0.05, 0.1) is 5.69 Å². The van der Waals surface area contributed by atoms with E-state index in [1.54, 1.807) is 18.2 Å². The second-order valence-electron chi connectivity index (χ2n) is 7.57. The van der Waals surface area contributed by atoms with Gasteiger partial charge in [-0.05, 0) is 54.8 Å². The third kappa shape index (κ3) is 4.53. The van der Waals surface area contributed by atoms with Crippen LogP contribution < -0.4 is 15.4 Å². The molecule has 5 nitrogen and oxygen atoms in total. The normalized spacial score (nSPS) is 18.6. The highest BCUT2D eigenvalue weighted by molar-refractivity contribution is 6.30. The van der Waals surface area contributed by atoms with Crippen molar-refractivity contribution < 1.29 is 18.7 Å². The lowest BCUT2D eigenvalue weighted by Gasteiger charge is -2.21. The Balaban J connectivity index is 1.41. The van der Waals surface area contributed by atoms with Crippen molar-refractivity contribution >= 4 is 34.8 Å². The molecule has 29 heavy (non-hydrogen) atoms. The fourth-order valence-electron chi connectivity index (χ4n) is 3.88. The minimum absolute atomic E-state index is 0.0702. The Bertz CT molecular complexity index is 944. The van der Waals surface area contributed by atoms with Crippen LogP contribution in [0.3, 0.4) is 0 Å². The summed E-state index contributed by atoms with van der Waals surface area (Å²) in [4.78, 5) is 25.0. The van der Waals surface area contributed by atoms with Gasteiger partial charge in [0.15, 0.2) is 6.10 Å². The van der Waals surface area contributed by atoms with Crippen LogP contribution in [-0.4, -0.2) is 17.9 Å². The second-order valence-corrected chi connectivity index (χ2v) is 8.01. The summed E-state index contributed by atoms with van der Waals surface area (Å²) in [5.41, 5.74) is 1.34. The number of fused-ring (bicyclic) bond motifs is 1. The van der Waals surface area contributed by atoms with Gasteiger partial charge >= 0.3 is 0 Å². The minimum Gasteiger partial charge on any atom is -0.480 e. The van der Waals surface area contributed by atoms with E-state index < -0.39 is 11.9 Å². The van der Waals surface area contributed by atoms with Crippen LogP contribution in [-0.2, 0) is 16.0 Å². The predicted octanol–water partition coefficient (Wildman–Crippen LogP) is 4.94. The molecular formula is C22H22ClFN2O3. The van der Waals surface area contributed by atoms with Crippen molar-refractivity contribution in [2.45, 2.75) is 44.6 Å². The summed E-state index contributed by atoms with van der Waals surface area (Å²) in [5.74, 6) is -0.494. The molecule has 1 aliphatic carbocycles. The summed E-state index contributed by atoms with van der Waals surface area (Å²) in [6, 6.07) is 9.36. The number of ether oxygens (including phenoxy) is 1. The number of hydrogen-bond donors (Lipinski definition) is 2. The van der Waals surface area contributed by atoms with E-state index in [-0.39, 0.29) is 23.4 Å². The van der Waals surface area contributed by atoms with Crippen molar-refractivity contribution in [3.8, 4) is 5.75 Å². The highest BCUT2D eigenvalue weighted by Gasteiger charge is 2.29. The minimum atomic E-state index is -0.686. The number of hydrogen-bond acceptors (Lipinski definition) is 3. The lowest BCUT2D eigenvalue weighted by atomic mass is 9.88. The van der Waals surface area contributed by atoms with Gasteiger partial charge in [0, 0.05) is 23.0 Å². The van der Waals surface area contributed by atoms with E-state index in [0.717, 1.165) is 37.7 Å². The lowest BCUT2D eigenvalue weighted by Crippen LogP contribution is -2.31. The molecule has 0 aromatic heterocycles. The maximum Gasteiger partial charge on any atom is 0.265 e. The first-order valence-corrected chi connectivity index (χ1v) is 10.2. The molecule has 2 N–H and O–H groups in total. The van der Waals surface area contributed by atoms with Crippen molar-refractivity contribution in [2.75, 3.05) is 10.6 Å². The number of benzene rings is 2. The van der Waals surface area contributed by atoms with E-state index in [9.17, 15) is 14.0 Å². The van der Waals surface area contributed by atoms with Gasteiger partial charge in [-0.15, -0.1) is 0 Å². The Morgan fingerprint density at radius 3 is 2.59 bits per heavy atom. The van der Waals surface area contributed by atoms with Gasteiger partial charge in [-0.25, -0.2) is 4.39 Å². The van der Waals surface area contributed by atoms with Gasteiger partial charge in [0.1, 0.15) is 11.6 Å². The standard InChI is InChI=1S/C22H22ClFN2O3/c23-15-6-9-19-14(10-15)11-20(29-19)22(28)25-16-7-8-17(24)18(12-16)26-21(27)13-4-2-1-3-5-13/h6-10,12-13,20H,1-5,11H2,(H,25,28)(H,26,27). The van der Waals surface area contributed by atoms with Crippen LogP contribution in [0.15, 0.2) is 36.4 Å². The molecule has 0 saturated heterocycles. The van der Waals surface area contributed by atoms with E-state index >= 15 is 0 Å². The molecule has 2 amide bonds. The van der Waals surface area contributed by atoms with Crippen molar-refractivity contribution in [1.29, 1.82) is 0 Å². The fourth-order valence-corrected chi connectivity index (χ4v) is 4.08. The summed E-state index contributed by atoms with van der Waals surface area (Å²) in [5, 5.41) is 6.00. The van der Waals surface area contributed by atoms with Gasteiger partial charge in [-0.1, -0.05) is 30.9 Å². The highest BCUT2D eigenvalue weighted by atomic mass is 35.5. The average Bonchev–Trinajstić information content (AvgIpc) is 3.14. The number of rotatable bonds is 4. The van der Waals surface area contributed by atoms with Crippen LogP contribution in [0.4, 0.5) is 15.8 Å². The van der Waals surface area contributed by atoms with Gasteiger partial charge in [0.2, 0.25) is 5.91 Å². The lowest BCUT2D eigenvalue weighted by molar-refractivity contribution is -0.122. The third-order valence-corrected chi connectivity index (χ3v) is 5.69. The molecule has 1 heterocycles. The molecule has 2 aliphatic rings. The van der Waals surface area contributed by atoms with Gasteiger partial charge in [-0.3, -0.25) is 9.59 Å². The molecule has 1 aliphatic heterocycles. The van der Waals surface area contributed by atoms with Crippen LogP contribution in [0.2, 0.25) is 5.02 Å². The Hall–Kier alpha value is -2.60. The summed E-state index contributed by atoms with van der Waals surface area (Å²) < 4.78 is 19.9. The molecule has 2 aromatic rings. The molecular weight excluding hydrogens is 395 g/mol. The smallest absolute Gasteiger partial charge is 0.265 e. The number of amides is 2. The molecule has 1 unspecified atom stereocenters. The van der Waals surface area contributed by atoms with E-state index in [4.69, 9.17) is 16.3 Å². The zero-order valence-corrected chi connectivity index (χ0v) is 16.6. The first-order valence-electron chi connectivity index (χ1n) is 9.86. The van der Waals surface area contributed by atoms with E-state index in [2.05, 4.69) is 10.6 Å². The summed E-state index contributed by atoms with van der Waals surface area (Å²) in [6.45, 7) is 0. The van der Waals surface area contributed by atoms with Crippen molar-refractivity contribution in [3.63, 3.8) is 0 Å². The molecule has 152 valence electrons.